The molecule has 0 bridgehead atoms. The molecule has 18 heavy (non-hydrogen) atoms. The molecule has 0 radical (unpaired) electrons. The summed E-state index contributed by atoms with van der Waals surface area (Å²) < 4.78 is 0. The predicted octanol–water partition coefficient (Wildman–Crippen LogP) is 0.734. The minimum atomic E-state index is -0.222. The molecule has 0 unspecified atom stereocenters. The second kappa shape index (κ2) is 5.23. The van der Waals surface area contributed by atoms with Crippen LogP contribution in [0.15, 0.2) is 23.0 Å². The number of nitrogens with one attached hydrogen (secondary N) is 3. The zero-order valence-electron chi connectivity index (χ0n) is 9.96. The number of carbonyl (C=O) groups excluding carboxylic acids is 1. The highest BCUT2D eigenvalue weighted by Crippen LogP contribution is 2.08. The molecule has 1 aromatic carbocycles. The van der Waals surface area contributed by atoms with Crippen LogP contribution in [0.1, 0.15) is 18.9 Å². The molecular weight excluding hydrogens is 230 g/mol. The molecular formula is C13H13N3O2. The van der Waals surface area contributed by atoms with Crippen molar-refractivity contribution in [3.05, 3.63) is 34.2 Å². The number of hydrogen-bond acceptors (Lipinski definition) is 2. The Hall–Kier alpha value is -2.48. The summed E-state index contributed by atoms with van der Waals surface area (Å²) in [4.78, 5) is 27.1. The van der Waals surface area contributed by atoms with Crippen molar-refractivity contribution in [3.63, 3.8) is 0 Å². The van der Waals surface area contributed by atoms with Crippen LogP contribution in [0.2, 0.25) is 0 Å². The summed E-state index contributed by atoms with van der Waals surface area (Å²) in [6.45, 7) is 2.02. The van der Waals surface area contributed by atoms with Gasteiger partial charge in [-0.1, -0.05) is 11.8 Å². The number of rotatable bonds is 2. The Labute approximate surface area is 104 Å². The minimum Gasteiger partial charge on any atom is -0.355 e. The van der Waals surface area contributed by atoms with Crippen molar-refractivity contribution in [2.75, 3.05) is 6.54 Å². The monoisotopic (exact) mass is 243 g/mol. The number of aromatic nitrogens is 2. The minimum absolute atomic E-state index is 0.0527. The molecule has 5 nitrogen and oxygen atoms in total. The molecule has 0 saturated carbocycles. The van der Waals surface area contributed by atoms with Gasteiger partial charge in [-0.15, -0.1) is 0 Å². The van der Waals surface area contributed by atoms with Crippen LogP contribution in [0.25, 0.3) is 11.0 Å². The molecule has 0 spiro atoms. The quantitative estimate of drug-likeness (QED) is 0.537. The van der Waals surface area contributed by atoms with Gasteiger partial charge in [-0.2, -0.15) is 0 Å². The Kier molecular flexibility index (Phi) is 3.49. The molecule has 92 valence electrons. The number of amides is 1. The van der Waals surface area contributed by atoms with E-state index in [2.05, 4.69) is 27.1 Å². The summed E-state index contributed by atoms with van der Waals surface area (Å²) in [7, 11) is 0. The highest BCUT2D eigenvalue weighted by Gasteiger charge is 1.97. The number of fused-ring (bicyclic) bond motifs is 1. The second-order valence-corrected chi connectivity index (χ2v) is 3.87. The molecule has 1 aromatic heterocycles. The average Bonchev–Trinajstić information content (AvgIpc) is 2.67. The Balaban J connectivity index is 2.05. The van der Waals surface area contributed by atoms with Crippen LogP contribution in [-0.2, 0) is 4.79 Å². The predicted molar refractivity (Wildman–Crippen MR) is 69.1 cm³/mol. The third-order valence-electron chi connectivity index (χ3n) is 2.37. The molecule has 2 aromatic rings. The average molecular weight is 243 g/mol. The molecule has 0 aliphatic heterocycles. The van der Waals surface area contributed by atoms with Crippen molar-refractivity contribution in [1.82, 2.24) is 15.3 Å². The van der Waals surface area contributed by atoms with Crippen LogP contribution in [0.5, 0.6) is 0 Å². The summed E-state index contributed by atoms with van der Waals surface area (Å²) in [6, 6.07) is 5.47. The number of hydrogen-bond donors (Lipinski definition) is 3. The lowest BCUT2D eigenvalue weighted by molar-refractivity contribution is -0.118. The number of carbonyl (C=O) groups is 1. The maximum Gasteiger partial charge on any atom is 0.323 e. The first-order chi connectivity index (χ1) is 8.65. The van der Waals surface area contributed by atoms with E-state index in [0.717, 1.165) is 16.6 Å². The number of imidazole rings is 1. The van der Waals surface area contributed by atoms with Crippen LogP contribution in [0.4, 0.5) is 0 Å². The van der Waals surface area contributed by atoms with Crippen molar-refractivity contribution in [2.24, 2.45) is 0 Å². The van der Waals surface area contributed by atoms with Crippen molar-refractivity contribution < 1.29 is 4.79 Å². The molecule has 3 N–H and O–H groups in total. The fourth-order valence-electron chi connectivity index (χ4n) is 1.58. The van der Waals surface area contributed by atoms with E-state index in [9.17, 15) is 9.59 Å². The van der Waals surface area contributed by atoms with Gasteiger partial charge in [0.1, 0.15) is 0 Å². The molecule has 0 aliphatic carbocycles. The smallest absolute Gasteiger partial charge is 0.323 e. The van der Waals surface area contributed by atoms with Crippen LogP contribution < -0.4 is 11.0 Å². The highest BCUT2D eigenvalue weighted by atomic mass is 16.1. The first-order valence-electron chi connectivity index (χ1n) is 5.60. The van der Waals surface area contributed by atoms with Gasteiger partial charge in [0.15, 0.2) is 0 Å². The molecule has 2 rings (SSSR count). The Bertz CT molecular complexity index is 685. The van der Waals surface area contributed by atoms with Gasteiger partial charge in [-0.05, 0) is 18.2 Å². The topological polar surface area (TPSA) is 77.8 Å². The first kappa shape index (κ1) is 12.0. The van der Waals surface area contributed by atoms with E-state index in [1.54, 1.807) is 0 Å². The van der Waals surface area contributed by atoms with Crippen LogP contribution in [0, 0.1) is 11.8 Å². The SMILES string of the molecule is CC(=O)NCCC#Cc1ccc2[nH]c(=O)[nH]c2c1. The summed E-state index contributed by atoms with van der Waals surface area (Å²) in [6.07, 6.45) is 0.598. The van der Waals surface area contributed by atoms with Crippen molar-refractivity contribution in [1.29, 1.82) is 0 Å². The zero-order chi connectivity index (χ0) is 13.0. The van der Waals surface area contributed by atoms with E-state index >= 15 is 0 Å². The molecule has 0 aliphatic rings. The van der Waals surface area contributed by atoms with Crippen molar-refractivity contribution in [2.45, 2.75) is 13.3 Å². The summed E-state index contributed by atoms with van der Waals surface area (Å²) >= 11 is 0. The lowest BCUT2D eigenvalue weighted by Crippen LogP contribution is -2.20. The maximum absolute atomic E-state index is 11.1. The third-order valence-corrected chi connectivity index (χ3v) is 2.37. The lowest BCUT2D eigenvalue weighted by atomic mass is 10.2. The van der Waals surface area contributed by atoms with Gasteiger partial charge in [0.2, 0.25) is 5.91 Å². The van der Waals surface area contributed by atoms with Crippen molar-refractivity contribution in [3.8, 4) is 11.8 Å². The van der Waals surface area contributed by atoms with Crippen molar-refractivity contribution >= 4 is 16.9 Å². The van der Waals surface area contributed by atoms with Gasteiger partial charge in [0, 0.05) is 25.5 Å². The van der Waals surface area contributed by atoms with Crippen LogP contribution >= 0.6 is 0 Å². The fraction of sp³-hybridized carbons (Fsp3) is 0.231. The number of aromatic amines is 2. The van der Waals surface area contributed by atoms with Gasteiger partial charge >= 0.3 is 5.69 Å². The molecule has 0 saturated heterocycles. The van der Waals surface area contributed by atoms with Gasteiger partial charge in [-0.3, -0.25) is 4.79 Å². The molecule has 5 heteroatoms. The molecule has 1 amide bonds. The largest absolute Gasteiger partial charge is 0.355 e. The molecule has 0 atom stereocenters. The second-order valence-electron chi connectivity index (χ2n) is 3.87. The van der Waals surface area contributed by atoms with Gasteiger partial charge < -0.3 is 15.3 Å². The van der Waals surface area contributed by atoms with Gasteiger partial charge in [0.05, 0.1) is 11.0 Å². The van der Waals surface area contributed by atoms with Gasteiger partial charge in [-0.25, -0.2) is 4.79 Å². The summed E-state index contributed by atoms with van der Waals surface area (Å²) in [5.74, 6) is 5.89. The molecule has 0 fully saturated rings. The first-order valence-corrected chi connectivity index (χ1v) is 5.60. The summed E-state index contributed by atoms with van der Waals surface area (Å²) in [5.41, 5.74) is 2.12. The summed E-state index contributed by atoms with van der Waals surface area (Å²) in [5, 5.41) is 2.67. The van der Waals surface area contributed by atoms with E-state index < -0.39 is 0 Å². The van der Waals surface area contributed by atoms with E-state index in [-0.39, 0.29) is 11.6 Å². The lowest BCUT2D eigenvalue weighted by Gasteiger charge is -1.95. The number of H-pyrrole nitrogens is 2. The third kappa shape index (κ3) is 3.01. The van der Waals surface area contributed by atoms with Crippen LogP contribution in [0.3, 0.4) is 0 Å². The fourth-order valence-corrected chi connectivity index (χ4v) is 1.58. The highest BCUT2D eigenvalue weighted by molar-refractivity contribution is 5.76. The van der Waals surface area contributed by atoms with E-state index in [4.69, 9.17) is 0 Å². The van der Waals surface area contributed by atoms with E-state index in [0.29, 0.717) is 13.0 Å². The molecule has 1 heterocycles. The Morgan fingerprint density at radius 3 is 2.89 bits per heavy atom. The number of benzene rings is 1. The zero-order valence-corrected chi connectivity index (χ0v) is 9.96. The Morgan fingerprint density at radius 2 is 2.11 bits per heavy atom. The normalized spacial score (nSPS) is 9.83. The standard InChI is InChI=1S/C13H13N3O2/c1-9(17)14-7-3-2-4-10-5-6-11-12(8-10)16-13(18)15-11/h5-6,8H,3,7H2,1H3,(H,14,17)(H2,15,16,18). The van der Waals surface area contributed by atoms with Gasteiger partial charge in [0.25, 0.3) is 0 Å². The van der Waals surface area contributed by atoms with Crippen LogP contribution in [-0.4, -0.2) is 22.4 Å². The maximum atomic E-state index is 11.1. The van der Waals surface area contributed by atoms with E-state index in [1.807, 2.05) is 18.2 Å². The Morgan fingerprint density at radius 1 is 1.33 bits per heavy atom. The van der Waals surface area contributed by atoms with E-state index in [1.165, 1.54) is 6.92 Å².